The molecule has 1 amide bonds. The van der Waals surface area contributed by atoms with Crippen LogP contribution in [0.15, 0.2) is 12.1 Å². The fourth-order valence-electron chi connectivity index (χ4n) is 4.32. The quantitative estimate of drug-likeness (QED) is 0.812. The summed E-state index contributed by atoms with van der Waals surface area (Å²) in [7, 11) is 0. The minimum Gasteiger partial charge on any atom is -0.444 e. The van der Waals surface area contributed by atoms with Crippen LogP contribution in [0.25, 0.3) is 10.9 Å². The summed E-state index contributed by atoms with van der Waals surface area (Å²) in [4.78, 5) is 17.6. The number of nitrogens with zero attached hydrogens (tertiary/aromatic N) is 2. The Morgan fingerprint density at radius 2 is 2.11 bits per heavy atom. The number of carbonyl (C=O) groups is 1. The number of aryl methyl sites for hydroxylation is 2. The van der Waals surface area contributed by atoms with Gasteiger partial charge in [-0.15, -0.1) is 0 Å². The zero-order valence-corrected chi connectivity index (χ0v) is 16.9. The lowest BCUT2D eigenvalue weighted by Crippen LogP contribution is -2.36. The highest BCUT2D eigenvalue weighted by molar-refractivity contribution is 5.99. The first-order valence-electron chi connectivity index (χ1n) is 10.2. The van der Waals surface area contributed by atoms with Gasteiger partial charge in [0.05, 0.1) is 11.1 Å². The van der Waals surface area contributed by atoms with Crippen LogP contribution in [-0.4, -0.2) is 40.7 Å². The minimum absolute atomic E-state index is 0.179. The Balaban J connectivity index is 1.57. The Hall–Kier alpha value is -2.68. The number of H-pyrrole nitrogens is 1. The number of aromatic nitrogens is 1. The number of hydrogen-bond donors (Lipinski definition) is 2. The predicted octanol–water partition coefficient (Wildman–Crippen LogP) is 4.34. The van der Waals surface area contributed by atoms with E-state index in [1.807, 2.05) is 32.9 Å². The number of fused-ring (bicyclic) bond motifs is 3. The van der Waals surface area contributed by atoms with Crippen LogP contribution in [0.5, 0.6) is 0 Å². The molecule has 28 heavy (non-hydrogen) atoms. The van der Waals surface area contributed by atoms with Crippen molar-refractivity contribution in [2.75, 3.05) is 18.4 Å². The summed E-state index contributed by atoms with van der Waals surface area (Å²) >= 11 is 0. The molecule has 6 nitrogen and oxygen atoms in total. The van der Waals surface area contributed by atoms with E-state index in [4.69, 9.17) is 4.74 Å². The number of anilines is 1. The monoisotopic (exact) mass is 380 g/mol. The number of carbonyl (C=O) groups excluding carboxylic acids is 1. The molecule has 0 spiro atoms. The molecule has 2 N–H and O–H groups in total. The molecular weight excluding hydrogens is 352 g/mol. The SMILES string of the molecule is CC(C)(C)OC(=O)N1CC[C@H](Nc2ccc(C#N)c3[nH]c4c(c23)CCCC4)C1. The third-order valence-corrected chi connectivity index (χ3v) is 5.57. The van der Waals surface area contributed by atoms with Crippen LogP contribution >= 0.6 is 0 Å². The number of hydrogen-bond acceptors (Lipinski definition) is 4. The van der Waals surface area contributed by atoms with E-state index in [0.29, 0.717) is 18.7 Å². The van der Waals surface area contributed by atoms with E-state index in [-0.39, 0.29) is 12.1 Å². The molecule has 1 aliphatic carbocycles. The first kappa shape index (κ1) is 18.7. The summed E-state index contributed by atoms with van der Waals surface area (Å²) in [6, 6.07) is 6.39. The van der Waals surface area contributed by atoms with Gasteiger partial charge in [0, 0.05) is 35.9 Å². The van der Waals surface area contributed by atoms with Crippen LogP contribution in [0.4, 0.5) is 10.5 Å². The predicted molar refractivity (Wildman–Crippen MR) is 109 cm³/mol. The van der Waals surface area contributed by atoms with Gasteiger partial charge < -0.3 is 19.9 Å². The maximum Gasteiger partial charge on any atom is 0.410 e. The fourth-order valence-corrected chi connectivity index (χ4v) is 4.32. The molecule has 0 saturated carbocycles. The topological polar surface area (TPSA) is 81.2 Å². The average Bonchev–Trinajstić information content (AvgIpc) is 3.25. The Kier molecular flexibility index (Phi) is 4.70. The molecule has 2 aliphatic rings. The maximum atomic E-state index is 12.3. The summed E-state index contributed by atoms with van der Waals surface area (Å²) in [5.41, 5.74) is 4.84. The summed E-state index contributed by atoms with van der Waals surface area (Å²) in [5, 5.41) is 14.3. The van der Waals surface area contributed by atoms with Crippen molar-refractivity contribution in [1.29, 1.82) is 5.26 Å². The van der Waals surface area contributed by atoms with Gasteiger partial charge in [-0.25, -0.2) is 4.79 Å². The fraction of sp³-hybridized carbons (Fsp3) is 0.545. The summed E-state index contributed by atoms with van der Waals surface area (Å²) in [5.74, 6) is 0. The van der Waals surface area contributed by atoms with Gasteiger partial charge >= 0.3 is 6.09 Å². The lowest BCUT2D eigenvalue weighted by molar-refractivity contribution is 0.0293. The van der Waals surface area contributed by atoms with Crippen LogP contribution in [0.2, 0.25) is 0 Å². The lowest BCUT2D eigenvalue weighted by atomic mass is 9.94. The molecule has 1 aromatic heterocycles. The van der Waals surface area contributed by atoms with Crippen molar-refractivity contribution in [3.05, 3.63) is 29.0 Å². The number of nitriles is 1. The Morgan fingerprint density at radius 1 is 1.32 bits per heavy atom. The number of rotatable bonds is 2. The molecule has 6 heteroatoms. The Morgan fingerprint density at radius 3 is 2.86 bits per heavy atom. The van der Waals surface area contributed by atoms with Crippen LogP contribution in [0, 0.1) is 11.3 Å². The van der Waals surface area contributed by atoms with Crippen LogP contribution in [0.3, 0.4) is 0 Å². The van der Waals surface area contributed by atoms with Gasteiger partial charge in [0.15, 0.2) is 0 Å². The Bertz CT molecular complexity index is 948. The van der Waals surface area contributed by atoms with E-state index in [1.54, 1.807) is 4.90 Å². The number of nitrogens with one attached hydrogen (secondary N) is 2. The van der Waals surface area contributed by atoms with Crippen molar-refractivity contribution in [3.8, 4) is 6.07 Å². The van der Waals surface area contributed by atoms with E-state index >= 15 is 0 Å². The van der Waals surface area contributed by atoms with Crippen molar-refractivity contribution in [2.45, 2.75) is 64.5 Å². The molecule has 0 radical (unpaired) electrons. The van der Waals surface area contributed by atoms with Crippen molar-refractivity contribution in [3.63, 3.8) is 0 Å². The first-order chi connectivity index (χ1) is 13.4. The highest BCUT2D eigenvalue weighted by Gasteiger charge is 2.30. The number of benzene rings is 1. The summed E-state index contributed by atoms with van der Waals surface area (Å²) in [6.07, 6.45) is 5.11. The van der Waals surface area contributed by atoms with E-state index in [9.17, 15) is 10.1 Å². The molecule has 1 atom stereocenters. The molecule has 2 aromatic rings. The van der Waals surface area contributed by atoms with Gasteiger partial charge in [-0.3, -0.25) is 0 Å². The molecule has 148 valence electrons. The van der Waals surface area contributed by atoms with E-state index in [1.165, 1.54) is 24.1 Å². The first-order valence-corrected chi connectivity index (χ1v) is 10.2. The molecule has 0 bridgehead atoms. The normalized spacial score (nSPS) is 19.4. The highest BCUT2D eigenvalue weighted by atomic mass is 16.6. The lowest BCUT2D eigenvalue weighted by Gasteiger charge is -2.24. The molecule has 1 fully saturated rings. The zero-order valence-electron chi connectivity index (χ0n) is 16.9. The van der Waals surface area contributed by atoms with Gasteiger partial charge in [0.2, 0.25) is 0 Å². The van der Waals surface area contributed by atoms with E-state index < -0.39 is 5.60 Å². The standard InChI is InChI=1S/C22H28N4O2/c1-22(2,3)28-21(27)26-11-10-15(13-26)24-18-9-8-14(12-23)20-19(18)16-6-4-5-7-17(16)25-20/h8-9,15,24-25H,4-7,10-11,13H2,1-3H3/t15-/m0/s1. The average molecular weight is 380 g/mol. The molecule has 0 unspecified atom stereocenters. The van der Waals surface area contributed by atoms with Crippen LogP contribution in [0.1, 0.15) is 56.9 Å². The van der Waals surface area contributed by atoms with Crippen molar-refractivity contribution in [1.82, 2.24) is 9.88 Å². The van der Waals surface area contributed by atoms with Crippen LogP contribution < -0.4 is 5.32 Å². The molecule has 1 saturated heterocycles. The largest absolute Gasteiger partial charge is 0.444 e. The van der Waals surface area contributed by atoms with E-state index in [2.05, 4.69) is 16.4 Å². The zero-order chi connectivity index (χ0) is 19.9. The van der Waals surface area contributed by atoms with Gasteiger partial charge in [-0.1, -0.05) is 0 Å². The van der Waals surface area contributed by atoms with Gasteiger partial charge in [-0.05, 0) is 70.6 Å². The third-order valence-electron chi connectivity index (χ3n) is 5.57. The van der Waals surface area contributed by atoms with Gasteiger partial charge in [0.25, 0.3) is 0 Å². The van der Waals surface area contributed by atoms with Gasteiger partial charge in [0.1, 0.15) is 11.7 Å². The second-order valence-electron chi connectivity index (χ2n) is 8.87. The number of ether oxygens (including phenoxy) is 1. The highest BCUT2D eigenvalue weighted by Crippen LogP contribution is 2.36. The summed E-state index contributed by atoms with van der Waals surface area (Å²) < 4.78 is 5.50. The van der Waals surface area contributed by atoms with Gasteiger partial charge in [-0.2, -0.15) is 5.26 Å². The van der Waals surface area contributed by atoms with E-state index in [0.717, 1.165) is 35.9 Å². The number of aromatic amines is 1. The molecule has 4 rings (SSSR count). The molecule has 1 aromatic carbocycles. The van der Waals surface area contributed by atoms with Crippen molar-refractivity contribution in [2.24, 2.45) is 0 Å². The molecule has 1 aliphatic heterocycles. The smallest absolute Gasteiger partial charge is 0.410 e. The van der Waals surface area contributed by atoms with Crippen molar-refractivity contribution < 1.29 is 9.53 Å². The Labute approximate surface area is 165 Å². The summed E-state index contributed by atoms with van der Waals surface area (Å²) in [6.45, 7) is 6.98. The second-order valence-corrected chi connectivity index (χ2v) is 8.87. The van der Waals surface area contributed by atoms with Crippen molar-refractivity contribution >= 4 is 22.7 Å². The molecule has 2 heterocycles. The minimum atomic E-state index is -0.480. The second kappa shape index (κ2) is 7.05. The molecular formula is C22H28N4O2. The number of amides is 1. The number of likely N-dealkylation sites (tertiary alicyclic amines) is 1. The third kappa shape index (κ3) is 3.54. The maximum absolute atomic E-state index is 12.3. The van der Waals surface area contributed by atoms with Crippen LogP contribution in [-0.2, 0) is 17.6 Å².